The number of hydrogen-bond acceptors (Lipinski definition) is 6. The zero-order valence-corrected chi connectivity index (χ0v) is 19.6. The lowest BCUT2D eigenvalue weighted by Gasteiger charge is -2.08. The summed E-state index contributed by atoms with van der Waals surface area (Å²) in [6, 6.07) is 12.9. The smallest absolute Gasteiger partial charge is 0.278 e. The Hall–Kier alpha value is -3.65. The van der Waals surface area contributed by atoms with Crippen LogP contribution < -0.4 is 10.1 Å². The van der Waals surface area contributed by atoms with Gasteiger partial charge in [0.05, 0.1) is 18.8 Å². The van der Waals surface area contributed by atoms with E-state index in [1.165, 1.54) is 0 Å². The van der Waals surface area contributed by atoms with E-state index in [2.05, 4.69) is 20.6 Å². The number of halogens is 1. The van der Waals surface area contributed by atoms with Crippen LogP contribution in [-0.4, -0.2) is 32.5 Å². The van der Waals surface area contributed by atoms with Crippen LogP contribution in [0, 0.1) is 20.8 Å². The molecule has 33 heavy (non-hydrogen) atoms. The molecule has 1 amide bonds. The van der Waals surface area contributed by atoms with Crippen molar-refractivity contribution in [3.8, 4) is 17.2 Å². The summed E-state index contributed by atoms with van der Waals surface area (Å²) in [4.78, 5) is 17.4. The van der Waals surface area contributed by atoms with Crippen LogP contribution in [0.4, 0.5) is 5.69 Å². The molecule has 0 spiro atoms. The fraction of sp³-hybridized carbons (Fsp3) is 0.250. The number of aromatic nitrogens is 4. The number of ether oxygens (including phenoxy) is 1. The second kappa shape index (κ2) is 9.46. The highest BCUT2D eigenvalue weighted by molar-refractivity contribution is 6.31. The van der Waals surface area contributed by atoms with Crippen molar-refractivity contribution < 1.29 is 13.9 Å². The van der Waals surface area contributed by atoms with E-state index in [-0.39, 0.29) is 11.6 Å². The second-order valence-corrected chi connectivity index (χ2v) is 8.01. The van der Waals surface area contributed by atoms with Gasteiger partial charge in [0.15, 0.2) is 5.69 Å². The molecule has 0 atom stereocenters. The lowest BCUT2D eigenvalue weighted by atomic mass is 10.2. The zero-order chi connectivity index (χ0) is 23.5. The van der Waals surface area contributed by atoms with Crippen molar-refractivity contribution in [2.75, 3.05) is 11.9 Å². The largest absolute Gasteiger partial charge is 0.494 e. The van der Waals surface area contributed by atoms with E-state index < -0.39 is 0 Å². The van der Waals surface area contributed by atoms with Crippen LogP contribution >= 0.6 is 11.6 Å². The van der Waals surface area contributed by atoms with E-state index >= 15 is 0 Å². The van der Waals surface area contributed by atoms with Crippen molar-refractivity contribution in [3.63, 3.8) is 0 Å². The van der Waals surface area contributed by atoms with Crippen molar-refractivity contribution >= 4 is 23.2 Å². The molecule has 8 nitrogen and oxygen atoms in total. The maximum atomic E-state index is 12.8. The molecule has 0 bridgehead atoms. The Kier molecular flexibility index (Phi) is 6.46. The Labute approximate surface area is 196 Å². The number of carbonyl (C=O) groups is 1. The van der Waals surface area contributed by atoms with Crippen molar-refractivity contribution in [1.82, 2.24) is 20.0 Å². The van der Waals surface area contributed by atoms with Gasteiger partial charge in [-0.05, 0) is 69.7 Å². The predicted octanol–water partition coefficient (Wildman–Crippen LogP) is 5.21. The van der Waals surface area contributed by atoms with Crippen molar-refractivity contribution in [2.24, 2.45) is 0 Å². The molecule has 4 rings (SSSR count). The van der Waals surface area contributed by atoms with E-state index in [0.717, 1.165) is 16.9 Å². The molecular weight excluding hydrogens is 442 g/mol. The summed E-state index contributed by atoms with van der Waals surface area (Å²) in [5.74, 6) is 1.63. The Morgan fingerprint density at radius 2 is 1.91 bits per heavy atom. The summed E-state index contributed by atoms with van der Waals surface area (Å²) in [5.41, 5.74) is 3.95. The molecule has 170 valence electrons. The molecule has 0 radical (unpaired) electrons. The van der Waals surface area contributed by atoms with Gasteiger partial charge in [-0.15, -0.1) is 5.10 Å². The van der Waals surface area contributed by atoms with Gasteiger partial charge in [0.1, 0.15) is 17.2 Å². The van der Waals surface area contributed by atoms with Gasteiger partial charge in [-0.1, -0.05) is 22.9 Å². The van der Waals surface area contributed by atoms with Gasteiger partial charge in [-0.3, -0.25) is 4.79 Å². The number of aryl methyl sites for hydroxylation is 2. The van der Waals surface area contributed by atoms with Gasteiger partial charge in [-0.25, -0.2) is 9.67 Å². The first-order valence-electron chi connectivity index (χ1n) is 10.5. The fourth-order valence-electron chi connectivity index (χ4n) is 3.33. The fourth-order valence-corrected chi connectivity index (χ4v) is 3.50. The van der Waals surface area contributed by atoms with Gasteiger partial charge in [-0.2, -0.15) is 0 Å². The normalized spacial score (nSPS) is 10.9. The number of hydrogen-bond donors (Lipinski definition) is 1. The molecule has 2 aromatic heterocycles. The highest BCUT2D eigenvalue weighted by Crippen LogP contribution is 2.25. The Morgan fingerprint density at radius 3 is 2.64 bits per heavy atom. The minimum atomic E-state index is -0.351. The van der Waals surface area contributed by atoms with Crippen LogP contribution in [0.3, 0.4) is 0 Å². The van der Waals surface area contributed by atoms with Crippen LogP contribution in [0.1, 0.15) is 40.1 Å². The van der Waals surface area contributed by atoms with Gasteiger partial charge < -0.3 is 14.5 Å². The highest BCUT2D eigenvalue weighted by atomic mass is 35.5. The lowest BCUT2D eigenvalue weighted by Crippen LogP contribution is -2.15. The first-order chi connectivity index (χ1) is 15.9. The van der Waals surface area contributed by atoms with Crippen LogP contribution in [0.15, 0.2) is 46.9 Å². The molecular formula is C24H24ClN5O3. The molecule has 9 heteroatoms. The molecule has 0 aliphatic rings. The average molecular weight is 466 g/mol. The van der Waals surface area contributed by atoms with E-state index in [4.69, 9.17) is 20.8 Å². The van der Waals surface area contributed by atoms with E-state index in [1.807, 2.05) is 51.1 Å². The summed E-state index contributed by atoms with van der Waals surface area (Å²) in [5, 5.41) is 11.6. The number of oxazole rings is 1. The van der Waals surface area contributed by atoms with Crippen molar-refractivity contribution in [1.29, 1.82) is 0 Å². The predicted molar refractivity (Wildman–Crippen MR) is 126 cm³/mol. The summed E-state index contributed by atoms with van der Waals surface area (Å²) in [6.07, 6.45) is 0. The number of rotatable bonds is 7. The lowest BCUT2D eigenvalue weighted by molar-refractivity contribution is 0.102. The molecule has 4 aromatic rings. The Morgan fingerprint density at radius 1 is 1.15 bits per heavy atom. The molecule has 0 aliphatic carbocycles. The Balaban J connectivity index is 1.51. The quantitative estimate of drug-likeness (QED) is 0.402. The minimum Gasteiger partial charge on any atom is -0.494 e. The van der Waals surface area contributed by atoms with Crippen molar-refractivity contribution in [3.05, 3.63) is 75.9 Å². The van der Waals surface area contributed by atoms with Gasteiger partial charge in [0.25, 0.3) is 5.91 Å². The van der Waals surface area contributed by atoms with E-state index in [0.29, 0.717) is 46.9 Å². The molecule has 0 fully saturated rings. The SMILES string of the molecule is CCOc1ccc(-c2nc(Cn3nnc(C(=O)Nc4cc(Cl)ccc4C)c3C)c(C)o2)cc1. The molecule has 2 heterocycles. The third-order valence-corrected chi connectivity index (χ3v) is 5.49. The zero-order valence-electron chi connectivity index (χ0n) is 18.8. The van der Waals surface area contributed by atoms with Crippen LogP contribution in [0.2, 0.25) is 5.02 Å². The third-order valence-electron chi connectivity index (χ3n) is 5.25. The maximum absolute atomic E-state index is 12.8. The average Bonchev–Trinajstić information content (AvgIpc) is 3.34. The number of nitrogens with zero attached hydrogens (tertiary/aromatic N) is 4. The number of amides is 1. The number of benzene rings is 2. The van der Waals surface area contributed by atoms with Crippen LogP contribution in [0.5, 0.6) is 5.75 Å². The maximum Gasteiger partial charge on any atom is 0.278 e. The standard InChI is InChI=1S/C24H24ClN5O3/c1-5-32-19-10-7-17(8-11-19)24-27-21(16(4)33-24)13-30-15(3)22(28-29-30)23(31)26-20-12-18(25)9-6-14(20)2/h6-12H,5,13H2,1-4H3,(H,26,31). The second-order valence-electron chi connectivity index (χ2n) is 7.57. The van der Waals surface area contributed by atoms with E-state index in [9.17, 15) is 4.79 Å². The number of anilines is 1. The first kappa shape index (κ1) is 22.5. The summed E-state index contributed by atoms with van der Waals surface area (Å²) in [7, 11) is 0. The number of carbonyl (C=O) groups excluding carboxylic acids is 1. The summed E-state index contributed by atoms with van der Waals surface area (Å²) < 4.78 is 13.0. The topological polar surface area (TPSA) is 95.1 Å². The third kappa shape index (κ3) is 4.90. The first-order valence-corrected chi connectivity index (χ1v) is 10.9. The van der Waals surface area contributed by atoms with Crippen LogP contribution in [-0.2, 0) is 6.54 Å². The van der Waals surface area contributed by atoms with Gasteiger partial charge in [0.2, 0.25) is 5.89 Å². The minimum absolute atomic E-state index is 0.238. The Bertz CT molecular complexity index is 1290. The summed E-state index contributed by atoms with van der Waals surface area (Å²) in [6.45, 7) is 8.42. The van der Waals surface area contributed by atoms with Gasteiger partial charge >= 0.3 is 0 Å². The number of nitrogens with one attached hydrogen (secondary N) is 1. The van der Waals surface area contributed by atoms with Crippen LogP contribution in [0.25, 0.3) is 11.5 Å². The summed E-state index contributed by atoms with van der Waals surface area (Å²) >= 11 is 6.05. The highest BCUT2D eigenvalue weighted by Gasteiger charge is 2.20. The van der Waals surface area contributed by atoms with Crippen molar-refractivity contribution in [2.45, 2.75) is 34.2 Å². The molecule has 0 saturated carbocycles. The molecule has 1 N–H and O–H groups in total. The molecule has 0 unspecified atom stereocenters. The molecule has 0 aliphatic heterocycles. The molecule has 0 saturated heterocycles. The molecule has 2 aromatic carbocycles. The monoisotopic (exact) mass is 465 g/mol. The van der Waals surface area contributed by atoms with Gasteiger partial charge in [0, 0.05) is 16.3 Å². The van der Waals surface area contributed by atoms with E-state index in [1.54, 1.807) is 23.7 Å².